The number of nitrogen functional groups attached to an aromatic ring is 1. The van der Waals surface area contributed by atoms with Crippen molar-refractivity contribution >= 4 is 11.5 Å². The number of pyridine rings is 1. The van der Waals surface area contributed by atoms with E-state index in [2.05, 4.69) is 23.7 Å². The lowest BCUT2D eigenvalue weighted by molar-refractivity contribution is 0.234. The van der Waals surface area contributed by atoms with E-state index in [4.69, 9.17) is 10.5 Å². The lowest BCUT2D eigenvalue weighted by Crippen LogP contribution is -2.26. The first-order valence-electron chi connectivity index (χ1n) is 5.57. The fraction of sp³-hybridized carbons (Fsp3) is 0.583. The van der Waals surface area contributed by atoms with Gasteiger partial charge in [-0.15, -0.1) is 0 Å². The first-order valence-corrected chi connectivity index (χ1v) is 5.57. The fourth-order valence-corrected chi connectivity index (χ4v) is 1.22. The second kappa shape index (κ2) is 5.05. The van der Waals surface area contributed by atoms with Crippen molar-refractivity contribution in [1.29, 1.82) is 0 Å². The molecule has 0 spiro atoms. The molecule has 0 aromatic carbocycles. The van der Waals surface area contributed by atoms with Crippen molar-refractivity contribution in [2.24, 2.45) is 0 Å². The molecule has 0 radical (unpaired) electrons. The second-order valence-corrected chi connectivity index (χ2v) is 4.44. The smallest absolute Gasteiger partial charge is 0.239 e. The Morgan fingerprint density at radius 1 is 1.25 bits per heavy atom. The standard InChI is InChI=1S/C12H21N3O/c1-8(2)15(5)11-7-6-10(13)12(14-11)16-9(3)4/h6-9H,13H2,1-5H3. The number of aromatic nitrogens is 1. The van der Waals surface area contributed by atoms with E-state index in [0.29, 0.717) is 17.6 Å². The minimum absolute atomic E-state index is 0.0782. The van der Waals surface area contributed by atoms with Crippen LogP contribution in [0.2, 0.25) is 0 Å². The van der Waals surface area contributed by atoms with Crippen LogP contribution >= 0.6 is 0 Å². The number of nitrogens with zero attached hydrogens (tertiary/aromatic N) is 2. The minimum atomic E-state index is 0.0782. The van der Waals surface area contributed by atoms with Crippen LogP contribution in [0.1, 0.15) is 27.7 Å². The highest BCUT2D eigenvalue weighted by molar-refractivity contribution is 5.54. The molecule has 0 atom stereocenters. The summed E-state index contributed by atoms with van der Waals surface area (Å²) in [5, 5.41) is 0. The van der Waals surface area contributed by atoms with E-state index in [1.54, 1.807) is 0 Å². The van der Waals surface area contributed by atoms with Crippen molar-refractivity contribution in [3.63, 3.8) is 0 Å². The molecular formula is C12H21N3O. The van der Waals surface area contributed by atoms with Gasteiger partial charge in [0.25, 0.3) is 0 Å². The van der Waals surface area contributed by atoms with Gasteiger partial charge in [-0.25, -0.2) is 0 Å². The quantitative estimate of drug-likeness (QED) is 0.851. The van der Waals surface area contributed by atoms with Gasteiger partial charge in [-0.05, 0) is 39.8 Å². The largest absolute Gasteiger partial charge is 0.473 e. The third-order valence-electron chi connectivity index (χ3n) is 2.36. The maximum absolute atomic E-state index is 5.81. The second-order valence-electron chi connectivity index (χ2n) is 4.44. The Morgan fingerprint density at radius 3 is 2.38 bits per heavy atom. The first kappa shape index (κ1) is 12.6. The highest BCUT2D eigenvalue weighted by atomic mass is 16.5. The normalized spacial score (nSPS) is 10.9. The summed E-state index contributed by atoms with van der Waals surface area (Å²) >= 11 is 0. The van der Waals surface area contributed by atoms with Gasteiger partial charge in [-0.3, -0.25) is 0 Å². The molecule has 0 amide bonds. The molecule has 4 heteroatoms. The predicted octanol–water partition coefficient (Wildman–Crippen LogP) is 2.30. The van der Waals surface area contributed by atoms with Gasteiger partial charge < -0.3 is 15.4 Å². The van der Waals surface area contributed by atoms with Crippen molar-refractivity contribution < 1.29 is 4.74 Å². The Labute approximate surface area is 97.4 Å². The lowest BCUT2D eigenvalue weighted by atomic mass is 10.3. The van der Waals surface area contributed by atoms with Gasteiger partial charge in [0.2, 0.25) is 5.88 Å². The number of hydrogen-bond donors (Lipinski definition) is 1. The zero-order chi connectivity index (χ0) is 12.3. The molecule has 90 valence electrons. The number of rotatable bonds is 4. The Kier molecular flexibility index (Phi) is 3.99. The third kappa shape index (κ3) is 3.02. The summed E-state index contributed by atoms with van der Waals surface area (Å²) in [6, 6.07) is 4.13. The number of ether oxygens (including phenoxy) is 1. The molecule has 0 saturated heterocycles. The van der Waals surface area contributed by atoms with E-state index >= 15 is 0 Å². The zero-order valence-corrected chi connectivity index (χ0v) is 10.7. The van der Waals surface area contributed by atoms with Crippen LogP contribution in [0.25, 0.3) is 0 Å². The summed E-state index contributed by atoms with van der Waals surface area (Å²) in [4.78, 5) is 6.49. The average molecular weight is 223 g/mol. The molecule has 0 aliphatic heterocycles. The molecule has 0 unspecified atom stereocenters. The molecule has 0 fully saturated rings. The molecule has 0 aliphatic rings. The molecule has 1 aromatic heterocycles. The summed E-state index contributed by atoms with van der Waals surface area (Å²) in [6.45, 7) is 8.14. The fourth-order valence-electron chi connectivity index (χ4n) is 1.22. The van der Waals surface area contributed by atoms with Gasteiger partial charge in [-0.2, -0.15) is 4.98 Å². The van der Waals surface area contributed by atoms with Crippen molar-refractivity contribution in [2.45, 2.75) is 39.8 Å². The third-order valence-corrected chi connectivity index (χ3v) is 2.36. The highest BCUT2D eigenvalue weighted by Crippen LogP contribution is 2.24. The molecule has 0 aliphatic carbocycles. The summed E-state index contributed by atoms with van der Waals surface area (Å²) in [7, 11) is 2.00. The molecule has 0 saturated carbocycles. The van der Waals surface area contributed by atoms with E-state index in [0.717, 1.165) is 5.82 Å². The van der Waals surface area contributed by atoms with Gasteiger partial charge >= 0.3 is 0 Å². The minimum Gasteiger partial charge on any atom is -0.473 e. The number of hydrogen-bond acceptors (Lipinski definition) is 4. The van der Waals surface area contributed by atoms with E-state index in [1.165, 1.54) is 0 Å². The topological polar surface area (TPSA) is 51.4 Å². The molecule has 1 heterocycles. The van der Waals surface area contributed by atoms with Crippen molar-refractivity contribution in [2.75, 3.05) is 17.7 Å². The van der Waals surface area contributed by atoms with E-state index in [9.17, 15) is 0 Å². The average Bonchev–Trinajstić information content (AvgIpc) is 2.19. The summed E-state index contributed by atoms with van der Waals surface area (Å²) in [5.41, 5.74) is 6.39. The van der Waals surface area contributed by atoms with Crippen LogP contribution in [0.5, 0.6) is 5.88 Å². The molecule has 16 heavy (non-hydrogen) atoms. The number of nitrogens with two attached hydrogens (primary N) is 1. The molecule has 2 N–H and O–H groups in total. The summed E-state index contributed by atoms with van der Waals surface area (Å²) in [5.74, 6) is 1.39. The lowest BCUT2D eigenvalue weighted by Gasteiger charge is -2.23. The molecular weight excluding hydrogens is 202 g/mol. The van der Waals surface area contributed by atoms with Gasteiger partial charge in [0, 0.05) is 13.1 Å². The zero-order valence-electron chi connectivity index (χ0n) is 10.7. The maximum atomic E-state index is 5.81. The van der Waals surface area contributed by atoms with Gasteiger partial charge in [0.05, 0.1) is 11.8 Å². The van der Waals surface area contributed by atoms with Crippen LogP contribution in [-0.4, -0.2) is 24.2 Å². The van der Waals surface area contributed by atoms with E-state index in [1.807, 2.05) is 33.0 Å². The Bertz CT molecular complexity index is 350. The van der Waals surface area contributed by atoms with Gasteiger partial charge in [0.1, 0.15) is 5.82 Å². The molecule has 1 rings (SSSR count). The monoisotopic (exact) mass is 223 g/mol. The Morgan fingerprint density at radius 2 is 1.88 bits per heavy atom. The van der Waals surface area contributed by atoms with E-state index < -0.39 is 0 Å². The van der Waals surface area contributed by atoms with Crippen LogP contribution in [0.3, 0.4) is 0 Å². The maximum Gasteiger partial charge on any atom is 0.239 e. The van der Waals surface area contributed by atoms with Gasteiger partial charge in [-0.1, -0.05) is 0 Å². The molecule has 1 aromatic rings. The van der Waals surface area contributed by atoms with Crippen LogP contribution in [-0.2, 0) is 0 Å². The highest BCUT2D eigenvalue weighted by Gasteiger charge is 2.10. The Hall–Kier alpha value is -1.45. The van der Waals surface area contributed by atoms with Crippen molar-refractivity contribution in [3.05, 3.63) is 12.1 Å². The molecule has 0 bridgehead atoms. The van der Waals surface area contributed by atoms with Crippen LogP contribution < -0.4 is 15.4 Å². The van der Waals surface area contributed by atoms with Crippen LogP contribution in [0.15, 0.2) is 12.1 Å². The van der Waals surface area contributed by atoms with Crippen molar-refractivity contribution in [1.82, 2.24) is 4.98 Å². The summed E-state index contributed by atoms with van der Waals surface area (Å²) < 4.78 is 5.55. The van der Waals surface area contributed by atoms with Gasteiger partial charge in [0.15, 0.2) is 0 Å². The van der Waals surface area contributed by atoms with Crippen LogP contribution in [0, 0.1) is 0 Å². The SMILES string of the molecule is CC(C)Oc1nc(N(C)C(C)C)ccc1N. The van der Waals surface area contributed by atoms with Crippen LogP contribution in [0.4, 0.5) is 11.5 Å². The number of anilines is 2. The predicted molar refractivity (Wildman–Crippen MR) is 68.0 cm³/mol. The first-order chi connectivity index (χ1) is 7.41. The Balaban J connectivity index is 2.97. The summed E-state index contributed by atoms with van der Waals surface area (Å²) in [6.07, 6.45) is 0.0782. The molecule has 4 nitrogen and oxygen atoms in total. The van der Waals surface area contributed by atoms with Crippen molar-refractivity contribution in [3.8, 4) is 5.88 Å². The van der Waals surface area contributed by atoms with E-state index in [-0.39, 0.29) is 6.10 Å².